The van der Waals surface area contributed by atoms with Crippen molar-refractivity contribution in [3.8, 4) is 0 Å². The van der Waals surface area contributed by atoms with Gasteiger partial charge in [0.2, 0.25) is 0 Å². The molecular formula is C19H22N4O. The van der Waals surface area contributed by atoms with Crippen LogP contribution < -0.4 is 5.32 Å². The molecule has 2 aromatic rings. The predicted octanol–water partition coefficient (Wildman–Crippen LogP) is 2.81. The van der Waals surface area contributed by atoms with Crippen molar-refractivity contribution >= 4 is 22.6 Å². The lowest BCUT2D eigenvalue weighted by atomic mass is 9.75. The summed E-state index contributed by atoms with van der Waals surface area (Å²) in [5.74, 6) is 1.43. The zero-order valence-corrected chi connectivity index (χ0v) is 14.0. The lowest BCUT2D eigenvalue weighted by Gasteiger charge is -2.50. The van der Waals surface area contributed by atoms with Gasteiger partial charge in [0.25, 0.3) is 6.02 Å². The van der Waals surface area contributed by atoms with E-state index in [0.29, 0.717) is 11.9 Å². The van der Waals surface area contributed by atoms with Gasteiger partial charge in [0.1, 0.15) is 11.4 Å². The Morgan fingerprint density at radius 2 is 2.08 bits per heavy atom. The number of aliphatic imine (C=N–C) groups is 1. The van der Waals surface area contributed by atoms with Gasteiger partial charge in [-0.1, -0.05) is 23.8 Å². The fourth-order valence-corrected chi connectivity index (χ4v) is 4.39. The van der Waals surface area contributed by atoms with Crippen molar-refractivity contribution in [2.45, 2.75) is 25.4 Å². The highest BCUT2D eigenvalue weighted by molar-refractivity contribution is 5.92. The number of rotatable bonds is 1. The molecule has 2 bridgehead atoms. The summed E-state index contributed by atoms with van der Waals surface area (Å²) < 4.78 is 6.32. The van der Waals surface area contributed by atoms with Crippen molar-refractivity contribution in [3.63, 3.8) is 0 Å². The minimum Gasteiger partial charge on any atom is -0.455 e. The van der Waals surface area contributed by atoms with Gasteiger partial charge in [-0.3, -0.25) is 10.2 Å². The van der Waals surface area contributed by atoms with E-state index >= 15 is 0 Å². The molecule has 0 saturated carbocycles. The highest BCUT2D eigenvalue weighted by atomic mass is 16.5. The topological polar surface area (TPSA) is 49.8 Å². The van der Waals surface area contributed by atoms with Gasteiger partial charge >= 0.3 is 0 Å². The number of anilines is 1. The molecule has 4 aliphatic rings. The third-order valence-electron chi connectivity index (χ3n) is 5.73. The Kier molecular flexibility index (Phi) is 3.07. The van der Waals surface area contributed by atoms with E-state index in [0.717, 1.165) is 24.3 Å². The quantitative estimate of drug-likeness (QED) is 0.877. The molecule has 0 amide bonds. The molecule has 1 aromatic heterocycles. The van der Waals surface area contributed by atoms with Gasteiger partial charge < -0.3 is 4.74 Å². The number of ether oxygens (including phenoxy) is 1. The number of aryl methyl sites for hydroxylation is 1. The highest BCUT2D eigenvalue weighted by Crippen LogP contribution is 2.40. The second kappa shape index (κ2) is 5.18. The Balaban J connectivity index is 1.35. The summed E-state index contributed by atoms with van der Waals surface area (Å²) in [6, 6.07) is 9.08. The molecule has 5 heterocycles. The molecule has 1 aromatic carbocycles. The summed E-state index contributed by atoms with van der Waals surface area (Å²) in [7, 11) is 0. The largest absolute Gasteiger partial charge is 0.455 e. The molecule has 4 aliphatic heterocycles. The number of hydrogen-bond acceptors (Lipinski definition) is 5. The molecule has 3 saturated heterocycles. The first-order chi connectivity index (χ1) is 11.7. The number of fused-ring (bicyclic) bond motifs is 3. The zero-order valence-electron chi connectivity index (χ0n) is 14.0. The van der Waals surface area contributed by atoms with Gasteiger partial charge in [0.15, 0.2) is 0 Å². The molecule has 1 spiro atoms. The number of hydrogen-bond donors (Lipinski definition) is 1. The second-order valence-corrected chi connectivity index (χ2v) is 7.38. The summed E-state index contributed by atoms with van der Waals surface area (Å²) >= 11 is 0. The molecule has 1 atom stereocenters. The predicted molar refractivity (Wildman–Crippen MR) is 95.4 cm³/mol. The van der Waals surface area contributed by atoms with Gasteiger partial charge in [-0.05, 0) is 44.3 Å². The van der Waals surface area contributed by atoms with Crippen molar-refractivity contribution < 1.29 is 4.74 Å². The fourth-order valence-electron chi connectivity index (χ4n) is 4.39. The summed E-state index contributed by atoms with van der Waals surface area (Å²) in [4.78, 5) is 11.6. The summed E-state index contributed by atoms with van der Waals surface area (Å²) in [5.41, 5.74) is 1.15. The number of nitrogens with one attached hydrogen (secondary N) is 1. The Morgan fingerprint density at radius 3 is 2.88 bits per heavy atom. The minimum absolute atomic E-state index is 0.105. The standard InChI is InChI=1S/C19H22N4O/c1-13-2-3-14-10-20-17(9-15(14)8-13)22-18-21-11-19(24-18)12-23-6-4-16(19)5-7-23/h2-3,8-10,16H,4-7,11-12H2,1H3,(H,20,21,22). The maximum absolute atomic E-state index is 6.32. The van der Waals surface area contributed by atoms with Crippen LogP contribution in [0.2, 0.25) is 0 Å². The normalized spacial score (nSPS) is 31.3. The van der Waals surface area contributed by atoms with Crippen molar-refractivity contribution in [1.29, 1.82) is 0 Å². The van der Waals surface area contributed by atoms with Gasteiger partial charge in [-0.15, -0.1) is 0 Å². The van der Waals surface area contributed by atoms with Crippen LogP contribution in [-0.2, 0) is 4.74 Å². The maximum atomic E-state index is 6.32. The SMILES string of the molecule is Cc1ccc2cnc(NC3=NCC4(CN5CCC4CC5)O3)cc2c1. The number of nitrogens with zero attached hydrogens (tertiary/aromatic N) is 3. The molecule has 6 rings (SSSR count). The number of aromatic nitrogens is 1. The molecule has 24 heavy (non-hydrogen) atoms. The molecule has 0 aliphatic carbocycles. The van der Waals surface area contributed by atoms with Crippen LogP contribution in [-0.4, -0.2) is 47.7 Å². The van der Waals surface area contributed by atoms with Gasteiger partial charge in [-0.2, -0.15) is 0 Å². The summed E-state index contributed by atoms with van der Waals surface area (Å²) in [6.07, 6.45) is 4.36. The van der Waals surface area contributed by atoms with Crippen molar-refractivity contribution in [2.24, 2.45) is 10.9 Å². The first kappa shape index (κ1) is 14.2. The number of piperidine rings is 3. The average molecular weight is 322 g/mol. The van der Waals surface area contributed by atoms with Crippen LogP contribution in [0.1, 0.15) is 18.4 Å². The smallest absolute Gasteiger partial charge is 0.291 e. The third kappa shape index (κ3) is 2.26. The van der Waals surface area contributed by atoms with Crippen LogP contribution in [0.4, 0.5) is 5.82 Å². The monoisotopic (exact) mass is 322 g/mol. The van der Waals surface area contributed by atoms with E-state index in [4.69, 9.17) is 4.74 Å². The molecular weight excluding hydrogens is 300 g/mol. The van der Waals surface area contributed by atoms with Crippen LogP contribution in [0, 0.1) is 12.8 Å². The lowest BCUT2D eigenvalue weighted by molar-refractivity contribution is -0.0829. The number of pyridine rings is 1. The van der Waals surface area contributed by atoms with Gasteiger partial charge in [0, 0.05) is 24.0 Å². The molecule has 5 heteroatoms. The van der Waals surface area contributed by atoms with E-state index in [1.54, 1.807) is 0 Å². The van der Waals surface area contributed by atoms with Crippen LogP contribution >= 0.6 is 0 Å². The molecule has 3 fully saturated rings. The molecule has 0 radical (unpaired) electrons. The number of benzene rings is 1. The van der Waals surface area contributed by atoms with Crippen LogP contribution in [0.15, 0.2) is 35.5 Å². The van der Waals surface area contributed by atoms with Gasteiger partial charge in [0.05, 0.1) is 6.54 Å². The third-order valence-corrected chi connectivity index (χ3v) is 5.73. The van der Waals surface area contributed by atoms with Crippen molar-refractivity contribution in [1.82, 2.24) is 9.88 Å². The molecule has 1 unspecified atom stereocenters. The van der Waals surface area contributed by atoms with E-state index in [-0.39, 0.29) is 5.60 Å². The maximum Gasteiger partial charge on any atom is 0.291 e. The van der Waals surface area contributed by atoms with E-state index in [2.05, 4.69) is 51.4 Å². The first-order valence-electron chi connectivity index (χ1n) is 8.79. The fraction of sp³-hybridized carbons (Fsp3) is 0.474. The van der Waals surface area contributed by atoms with Crippen LogP contribution in [0.25, 0.3) is 10.8 Å². The summed E-state index contributed by atoms with van der Waals surface area (Å²) in [6.45, 7) is 6.31. The zero-order chi connectivity index (χ0) is 16.1. The minimum atomic E-state index is -0.105. The van der Waals surface area contributed by atoms with Gasteiger partial charge in [-0.25, -0.2) is 9.98 Å². The Labute approximate surface area is 141 Å². The summed E-state index contributed by atoms with van der Waals surface area (Å²) in [5, 5.41) is 5.61. The number of amidine groups is 1. The lowest BCUT2D eigenvalue weighted by Crippen LogP contribution is -2.61. The Bertz CT molecular complexity index is 825. The average Bonchev–Trinajstić information content (AvgIpc) is 2.97. The van der Waals surface area contributed by atoms with Crippen LogP contribution in [0.3, 0.4) is 0 Å². The Hall–Kier alpha value is -2.14. The van der Waals surface area contributed by atoms with E-state index < -0.39 is 0 Å². The van der Waals surface area contributed by atoms with E-state index in [9.17, 15) is 0 Å². The first-order valence-corrected chi connectivity index (χ1v) is 8.79. The Morgan fingerprint density at radius 1 is 1.21 bits per heavy atom. The van der Waals surface area contributed by atoms with E-state index in [1.165, 1.54) is 36.9 Å². The molecule has 1 N–H and O–H groups in total. The van der Waals surface area contributed by atoms with Crippen molar-refractivity contribution in [3.05, 3.63) is 36.0 Å². The molecule has 5 nitrogen and oxygen atoms in total. The van der Waals surface area contributed by atoms with E-state index in [1.807, 2.05) is 6.20 Å². The highest BCUT2D eigenvalue weighted by Gasteiger charge is 2.51. The van der Waals surface area contributed by atoms with Crippen molar-refractivity contribution in [2.75, 3.05) is 31.5 Å². The molecule has 124 valence electrons. The van der Waals surface area contributed by atoms with Crippen LogP contribution in [0.5, 0.6) is 0 Å². The second-order valence-electron chi connectivity index (χ2n) is 7.38.